The lowest BCUT2D eigenvalue weighted by molar-refractivity contribution is -0.132. The molecule has 0 unspecified atom stereocenters. The Morgan fingerprint density at radius 1 is 1.14 bits per heavy atom. The van der Waals surface area contributed by atoms with Gasteiger partial charge < -0.3 is 10.6 Å². The molecule has 3 nitrogen and oxygen atoms in total. The average molecular weight is 284 g/mol. The van der Waals surface area contributed by atoms with Gasteiger partial charge in [-0.15, -0.1) is 0 Å². The number of carbonyl (C=O) groups excluding carboxylic acids is 1. The highest BCUT2D eigenvalue weighted by molar-refractivity contribution is 5.91. The zero-order chi connectivity index (χ0) is 14.5. The molecule has 2 aliphatic carbocycles. The summed E-state index contributed by atoms with van der Waals surface area (Å²) in [5, 5.41) is 0. The van der Waals surface area contributed by atoms with Crippen LogP contribution in [0.1, 0.15) is 49.7 Å². The highest BCUT2D eigenvalue weighted by Gasteiger charge is 2.53. The topological polar surface area (TPSA) is 46.3 Å². The van der Waals surface area contributed by atoms with Crippen LogP contribution in [0.2, 0.25) is 0 Å². The van der Waals surface area contributed by atoms with Gasteiger partial charge in [0.15, 0.2) is 0 Å². The second-order valence-corrected chi connectivity index (χ2v) is 7.32. The largest absolute Gasteiger partial charge is 0.342 e. The fourth-order valence-electron chi connectivity index (χ4n) is 3.70. The van der Waals surface area contributed by atoms with E-state index >= 15 is 0 Å². The van der Waals surface area contributed by atoms with Gasteiger partial charge in [0.2, 0.25) is 5.91 Å². The Hall–Kier alpha value is -1.35. The monoisotopic (exact) mass is 284 g/mol. The lowest BCUT2D eigenvalue weighted by Gasteiger charge is -2.23. The van der Waals surface area contributed by atoms with Gasteiger partial charge >= 0.3 is 0 Å². The molecule has 3 fully saturated rings. The number of hydrogen-bond donors (Lipinski definition) is 1. The standard InChI is InChI=1S/C18H24N2O/c19-17(6-7-17)13-14-4-3-5-15(12-14)18(8-9-18)16(21)20-10-1-2-11-20/h3-5,12H,1-2,6-11,13,19H2. The molecule has 1 aromatic rings. The number of amides is 1. The van der Waals surface area contributed by atoms with Crippen molar-refractivity contribution >= 4 is 5.91 Å². The number of hydrogen-bond acceptors (Lipinski definition) is 2. The van der Waals surface area contributed by atoms with Crippen molar-refractivity contribution in [1.29, 1.82) is 0 Å². The smallest absolute Gasteiger partial charge is 0.233 e. The number of likely N-dealkylation sites (tertiary alicyclic amines) is 1. The summed E-state index contributed by atoms with van der Waals surface area (Å²) in [5.74, 6) is 0.367. The summed E-state index contributed by atoms with van der Waals surface area (Å²) < 4.78 is 0. The lowest BCUT2D eigenvalue weighted by Crippen LogP contribution is -2.37. The second kappa shape index (κ2) is 4.57. The quantitative estimate of drug-likeness (QED) is 0.922. The van der Waals surface area contributed by atoms with Gasteiger partial charge in [0.1, 0.15) is 0 Å². The molecular formula is C18H24N2O. The average Bonchev–Trinajstić information content (AvgIpc) is 3.37. The normalized spacial score (nSPS) is 24.9. The number of benzene rings is 1. The van der Waals surface area contributed by atoms with E-state index in [0.29, 0.717) is 5.91 Å². The number of carbonyl (C=O) groups is 1. The van der Waals surface area contributed by atoms with Crippen LogP contribution in [0.4, 0.5) is 0 Å². The zero-order valence-corrected chi connectivity index (χ0v) is 12.6. The van der Waals surface area contributed by atoms with Gasteiger partial charge in [-0.3, -0.25) is 4.79 Å². The maximum absolute atomic E-state index is 12.8. The summed E-state index contributed by atoms with van der Waals surface area (Å²) in [7, 11) is 0. The van der Waals surface area contributed by atoms with Crippen LogP contribution < -0.4 is 5.73 Å². The van der Waals surface area contributed by atoms with Crippen LogP contribution in [0.15, 0.2) is 24.3 Å². The lowest BCUT2D eigenvalue weighted by atomic mass is 9.91. The molecule has 2 N–H and O–H groups in total. The molecule has 0 atom stereocenters. The minimum atomic E-state index is -0.203. The van der Waals surface area contributed by atoms with Crippen molar-refractivity contribution in [2.24, 2.45) is 5.73 Å². The summed E-state index contributed by atoms with van der Waals surface area (Å²) >= 11 is 0. The molecule has 1 amide bonds. The minimum absolute atomic E-state index is 0.0360. The van der Waals surface area contributed by atoms with Gasteiger partial charge in [0.25, 0.3) is 0 Å². The van der Waals surface area contributed by atoms with Crippen molar-refractivity contribution < 1.29 is 4.79 Å². The van der Waals surface area contributed by atoms with E-state index in [9.17, 15) is 4.79 Å². The highest BCUT2D eigenvalue weighted by atomic mass is 16.2. The van der Waals surface area contributed by atoms with Crippen LogP contribution in [0.25, 0.3) is 0 Å². The first-order valence-corrected chi connectivity index (χ1v) is 8.29. The van der Waals surface area contributed by atoms with Gasteiger partial charge in [-0.25, -0.2) is 0 Å². The molecule has 2 saturated carbocycles. The Balaban J connectivity index is 1.57. The van der Waals surface area contributed by atoms with Crippen molar-refractivity contribution in [3.63, 3.8) is 0 Å². The van der Waals surface area contributed by atoms with Gasteiger partial charge in [-0.05, 0) is 56.1 Å². The molecule has 0 radical (unpaired) electrons. The Bertz CT molecular complexity index is 566. The van der Waals surface area contributed by atoms with Crippen LogP contribution in [0.5, 0.6) is 0 Å². The van der Waals surface area contributed by atoms with E-state index in [1.165, 1.54) is 11.1 Å². The molecule has 21 heavy (non-hydrogen) atoms. The van der Waals surface area contributed by atoms with Crippen molar-refractivity contribution in [2.45, 2.75) is 55.9 Å². The van der Waals surface area contributed by atoms with Gasteiger partial charge in [0.05, 0.1) is 5.41 Å². The molecule has 3 heteroatoms. The van der Waals surface area contributed by atoms with E-state index in [1.807, 2.05) is 0 Å². The van der Waals surface area contributed by atoms with E-state index < -0.39 is 0 Å². The molecule has 0 aromatic heterocycles. The van der Waals surface area contributed by atoms with E-state index in [4.69, 9.17) is 5.73 Å². The van der Waals surface area contributed by atoms with Gasteiger partial charge in [-0.2, -0.15) is 0 Å². The fraction of sp³-hybridized carbons (Fsp3) is 0.611. The first-order valence-electron chi connectivity index (χ1n) is 8.29. The van der Waals surface area contributed by atoms with Crippen molar-refractivity contribution in [1.82, 2.24) is 4.90 Å². The van der Waals surface area contributed by atoms with E-state index in [-0.39, 0.29) is 11.0 Å². The third-order valence-corrected chi connectivity index (χ3v) is 5.48. The molecular weight excluding hydrogens is 260 g/mol. The summed E-state index contributed by atoms with van der Waals surface area (Å²) in [6.07, 6.45) is 7.58. The van der Waals surface area contributed by atoms with E-state index in [0.717, 1.165) is 58.0 Å². The molecule has 1 saturated heterocycles. The summed E-state index contributed by atoms with van der Waals surface area (Å²) in [6, 6.07) is 8.65. The number of nitrogens with zero attached hydrogens (tertiary/aromatic N) is 1. The second-order valence-electron chi connectivity index (χ2n) is 7.32. The number of nitrogens with two attached hydrogens (primary N) is 1. The Labute approximate surface area is 126 Å². The summed E-state index contributed by atoms with van der Waals surface area (Å²) in [6.45, 7) is 1.90. The maximum atomic E-state index is 12.8. The first kappa shape index (κ1) is 13.3. The number of rotatable bonds is 4. The van der Waals surface area contributed by atoms with Crippen LogP contribution in [0, 0.1) is 0 Å². The van der Waals surface area contributed by atoms with Crippen molar-refractivity contribution in [2.75, 3.05) is 13.1 Å². The SMILES string of the molecule is NC1(Cc2cccc(C3(C(=O)N4CCCC4)CC3)c2)CC1. The van der Waals surface area contributed by atoms with Gasteiger partial charge in [0, 0.05) is 18.6 Å². The van der Waals surface area contributed by atoms with E-state index in [1.54, 1.807) is 0 Å². The molecule has 3 aliphatic rings. The van der Waals surface area contributed by atoms with E-state index in [2.05, 4.69) is 29.2 Å². The molecule has 1 heterocycles. The molecule has 112 valence electrons. The van der Waals surface area contributed by atoms with Crippen LogP contribution in [-0.2, 0) is 16.6 Å². The molecule has 1 aromatic carbocycles. The molecule has 1 aliphatic heterocycles. The molecule has 4 rings (SSSR count). The van der Waals surface area contributed by atoms with Crippen LogP contribution in [0.3, 0.4) is 0 Å². The minimum Gasteiger partial charge on any atom is -0.342 e. The maximum Gasteiger partial charge on any atom is 0.233 e. The predicted octanol–water partition coefficient (Wildman–Crippen LogP) is 2.37. The molecule has 0 spiro atoms. The summed E-state index contributed by atoms with van der Waals surface area (Å²) in [4.78, 5) is 14.9. The summed E-state index contributed by atoms with van der Waals surface area (Å²) in [5.41, 5.74) is 8.59. The Morgan fingerprint density at radius 2 is 1.86 bits per heavy atom. The fourth-order valence-corrected chi connectivity index (χ4v) is 3.70. The Morgan fingerprint density at radius 3 is 2.48 bits per heavy atom. The predicted molar refractivity (Wildman–Crippen MR) is 83.0 cm³/mol. The third kappa shape index (κ3) is 2.38. The zero-order valence-electron chi connectivity index (χ0n) is 12.6. The van der Waals surface area contributed by atoms with Gasteiger partial charge in [-0.1, -0.05) is 24.3 Å². The van der Waals surface area contributed by atoms with Crippen LogP contribution >= 0.6 is 0 Å². The Kier molecular flexibility index (Phi) is 2.90. The van der Waals surface area contributed by atoms with Crippen molar-refractivity contribution in [3.05, 3.63) is 35.4 Å². The molecule has 0 bridgehead atoms. The third-order valence-electron chi connectivity index (χ3n) is 5.48. The van der Waals surface area contributed by atoms with Crippen molar-refractivity contribution in [3.8, 4) is 0 Å². The van der Waals surface area contributed by atoms with Crippen LogP contribution in [-0.4, -0.2) is 29.4 Å². The highest BCUT2D eigenvalue weighted by Crippen LogP contribution is 2.50. The first-order chi connectivity index (χ1) is 10.1.